The maximum Gasteiger partial charge on any atom is 0.407 e. The number of nitrogens with two attached hydrogens (primary N) is 1. The van der Waals surface area contributed by atoms with Gasteiger partial charge in [0.05, 0.1) is 13.2 Å². The molecule has 0 aromatic carbocycles. The van der Waals surface area contributed by atoms with Crippen LogP contribution in [0, 0.1) is 0 Å². The van der Waals surface area contributed by atoms with Gasteiger partial charge in [-0.25, -0.2) is 9.59 Å². The van der Waals surface area contributed by atoms with Crippen molar-refractivity contribution in [3.63, 3.8) is 0 Å². The SMILES string of the molecule is C=C(C)C(=O)OCCNC(=O)OCCCCCC(=O)ON. The van der Waals surface area contributed by atoms with Gasteiger partial charge in [0.25, 0.3) is 0 Å². The summed E-state index contributed by atoms with van der Waals surface area (Å²) in [6, 6.07) is 0. The first kappa shape index (κ1) is 18.9. The first-order valence-electron chi connectivity index (χ1n) is 6.60. The number of carbonyl (C=O) groups excluding carboxylic acids is 3. The van der Waals surface area contributed by atoms with E-state index in [0.29, 0.717) is 18.4 Å². The maximum atomic E-state index is 11.2. The molecule has 8 nitrogen and oxygen atoms in total. The second-order valence-corrected chi connectivity index (χ2v) is 4.28. The minimum atomic E-state index is -0.581. The van der Waals surface area contributed by atoms with Crippen LogP contribution in [0.4, 0.5) is 4.79 Å². The van der Waals surface area contributed by atoms with E-state index in [1.54, 1.807) is 0 Å². The van der Waals surface area contributed by atoms with Crippen molar-refractivity contribution in [1.82, 2.24) is 5.32 Å². The van der Waals surface area contributed by atoms with Crippen LogP contribution in [0.5, 0.6) is 0 Å². The molecule has 0 saturated heterocycles. The van der Waals surface area contributed by atoms with Crippen LogP contribution in [0.1, 0.15) is 32.6 Å². The quantitative estimate of drug-likeness (QED) is 0.265. The van der Waals surface area contributed by atoms with E-state index in [0.717, 1.165) is 6.42 Å². The number of nitrogens with one attached hydrogen (secondary N) is 1. The van der Waals surface area contributed by atoms with Crippen LogP contribution in [0.15, 0.2) is 12.2 Å². The molecule has 0 saturated carbocycles. The minimum Gasteiger partial charge on any atom is -0.460 e. The summed E-state index contributed by atoms with van der Waals surface area (Å²) in [7, 11) is 0. The zero-order chi connectivity index (χ0) is 16.1. The lowest BCUT2D eigenvalue weighted by Crippen LogP contribution is -2.29. The Hall–Kier alpha value is -2.09. The van der Waals surface area contributed by atoms with E-state index < -0.39 is 18.0 Å². The number of unbranched alkanes of at least 4 members (excludes halogenated alkanes) is 2. The highest BCUT2D eigenvalue weighted by Crippen LogP contribution is 2.01. The molecule has 0 fully saturated rings. The lowest BCUT2D eigenvalue weighted by molar-refractivity contribution is -0.144. The fourth-order valence-corrected chi connectivity index (χ4v) is 1.24. The van der Waals surface area contributed by atoms with E-state index in [2.05, 4.69) is 22.6 Å². The Morgan fingerprint density at radius 1 is 1.10 bits per heavy atom. The van der Waals surface area contributed by atoms with Gasteiger partial charge in [-0.2, -0.15) is 5.90 Å². The number of hydrogen-bond donors (Lipinski definition) is 2. The zero-order valence-corrected chi connectivity index (χ0v) is 12.2. The van der Waals surface area contributed by atoms with Crippen molar-refractivity contribution >= 4 is 18.0 Å². The van der Waals surface area contributed by atoms with Gasteiger partial charge in [0.2, 0.25) is 0 Å². The van der Waals surface area contributed by atoms with Gasteiger partial charge < -0.3 is 19.6 Å². The Bertz CT molecular complexity index is 370. The molecule has 3 N–H and O–H groups in total. The molecule has 0 unspecified atom stereocenters. The van der Waals surface area contributed by atoms with Gasteiger partial charge in [-0.05, 0) is 26.2 Å². The van der Waals surface area contributed by atoms with Gasteiger partial charge in [-0.15, -0.1) is 0 Å². The largest absolute Gasteiger partial charge is 0.460 e. The smallest absolute Gasteiger partial charge is 0.407 e. The summed E-state index contributed by atoms with van der Waals surface area (Å²) >= 11 is 0. The number of rotatable bonds is 10. The summed E-state index contributed by atoms with van der Waals surface area (Å²) in [6.45, 7) is 5.44. The highest BCUT2D eigenvalue weighted by Gasteiger charge is 2.05. The van der Waals surface area contributed by atoms with E-state index in [1.807, 2.05) is 0 Å². The summed E-state index contributed by atoms with van der Waals surface area (Å²) in [5, 5.41) is 2.44. The molecule has 0 aliphatic rings. The van der Waals surface area contributed by atoms with Gasteiger partial charge in [0.15, 0.2) is 0 Å². The molecule has 0 heterocycles. The molecule has 0 spiro atoms. The van der Waals surface area contributed by atoms with Crippen molar-refractivity contribution in [2.45, 2.75) is 32.6 Å². The molecule has 0 aromatic rings. The van der Waals surface area contributed by atoms with Crippen LogP contribution >= 0.6 is 0 Å². The number of ether oxygens (including phenoxy) is 2. The van der Waals surface area contributed by atoms with Crippen molar-refractivity contribution in [3.8, 4) is 0 Å². The van der Waals surface area contributed by atoms with Gasteiger partial charge >= 0.3 is 18.0 Å². The van der Waals surface area contributed by atoms with Crippen LogP contribution in [0.3, 0.4) is 0 Å². The lowest BCUT2D eigenvalue weighted by atomic mass is 10.2. The van der Waals surface area contributed by atoms with Crippen LogP contribution < -0.4 is 11.2 Å². The zero-order valence-electron chi connectivity index (χ0n) is 12.2. The Morgan fingerprint density at radius 3 is 2.43 bits per heavy atom. The van der Waals surface area contributed by atoms with Crippen LogP contribution in [-0.2, 0) is 23.9 Å². The summed E-state index contributed by atoms with van der Waals surface area (Å²) in [6.07, 6.45) is 1.64. The van der Waals surface area contributed by atoms with Gasteiger partial charge in [-0.1, -0.05) is 6.58 Å². The summed E-state index contributed by atoms with van der Waals surface area (Å²) in [5.41, 5.74) is 0.302. The van der Waals surface area contributed by atoms with Gasteiger partial charge in [-0.3, -0.25) is 4.79 Å². The van der Waals surface area contributed by atoms with Crippen LogP contribution in [0.25, 0.3) is 0 Å². The van der Waals surface area contributed by atoms with E-state index in [9.17, 15) is 14.4 Å². The molecular formula is C13H22N2O6. The Labute approximate surface area is 123 Å². The molecule has 1 amide bonds. The maximum absolute atomic E-state index is 11.2. The molecule has 21 heavy (non-hydrogen) atoms. The van der Waals surface area contributed by atoms with Gasteiger partial charge in [0.1, 0.15) is 6.61 Å². The first-order chi connectivity index (χ1) is 9.97. The predicted octanol–water partition coefficient (Wildman–Crippen LogP) is 0.809. The van der Waals surface area contributed by atoms with E-state index in [1.165, 1.54) is 6.92 Å². The van der Waals surface area contributed by atoms with Crippen molar-refractivity contribution in [3.05, 3.63) is 12.2 Å². The van der Waals surface area contributed by atoms with Crippen molar-refractivity contribution < 1.29 is 28.7 Å². The Morgan fingerprint density at radius 2 is 1.81 bits per heavy atom. The normalized spacial score (nSPS) is 9.62. The van der Waals surface area contributed by atoms with E-state index in [4.69, 9.17) is 9.47 Å². The van der Waals surface area contributed by atoms with Crippen LogP contribution in [0.2, 0.25) is 0 Å². The number of carbonyl (C=O) groups is 3. The number of hydrogen-bond acceptors (Lipinski definition) is 7. The third kappa shape index (κ3) is 11.4. The fourth-order valence-electron chi connectivity index (χ4n) is 1.24. The third-order valence-electron chi connectivity index (χ3n) is 2.34. The molecule has 0 rings (SSSR count). The molecule has 0 atom stereocenters. The number of esters is 1. The number of amides is 1. The molecule has 0 aromatic heterocycles. The first-order valence-corrected chi connectivity index (χ1v) is 6.60. The standard InChI is InChI=1S/C13H22N2O6/c1-10(2)12(17)19-9-7-15-13(18)20-8-5-3-4-6-11(16)21-14/h1,3-9,14H2,2H3,(H,15,18). The third-order valence-corrected chi connectivity index (χ3v) is 2.34. The molecule has 0 aliphatic carbocycles. The summed E-state index contributed by atoms with van der Waals surface area (Å²) in [5.74, 6) is 3.72. The average molecular weight is 302 g/mol. The molecule has 0 aliphatic heterocycles. The molecule has 8 heteroatoms. The predicted molar refractivity (Wildman–Crippen MR) is 73.9 cm³/mol. The van der Waals surface area contributed by atoms with E-state index in [-0.39, 0.29) is 26.2 Å². The lowest BCUT2D eigenvalue weighted by Gasteiger charge is -2.07. The monoisotopic (exact) mass is 302 g/mol. The van der Waals surface area contributed by atoms with E-state index >= 15 is 0 Å². The number of alkyl carbamates (subject to hydrolysis) is 1. The highest BCUT2D eigenvalue weighted by atomic mass is 16.7. The molecule has 120 valence electrons. The Kier molecular flexibility index (Phi) is 10.5. The Balaban J connectivity index is 3.41. The summed E-state index contributed by atoms with van der Waals surface area (Å²) in [4.78, 5) is 37.0. The second-order valence-electron chi connectivity index (χ2n) is 4.28. The van der Waals surface area contributed by atoms with Crippen molar-refractivity contribution in [2.75, 3.05) is 19.8 Å². The van der Waals surface area contributed by atoms with Crippen molar-refractivity contribution in [2.24, 2.45) is 5.90 Å². The van der Waals surface area contributed by atoms with Gasteiger partial charge in [0, 0.05) is 12.0 Å². The molecular weight excluding hydrogens is 280 g/mol. The topological polar surface area (TPSA) is 117 Å². The minimum absolute atomic E-state index is 0.0575. The second kappa shape index (κ2) is 11.7. The molecule has 0 radical (unpaired) electrons. The van der Waals surface area contributed by atoms with Crippen LogP contribution in [-0.4, -0.2) is 37.8 Å². The summed E-state index contributed by atoms with van der Waals surface area (Å²) < 4.78 is 9.66. The van der Waals surface area contributed by atoms with Crippen molar-refractivity contribution in [1.29, 1.82) is 0 Å². The molecule has 0 bridgehead atoms. The fraction of sp³-hybridized carbons (Fsp3) is 0.615. The average Bonchev–Trinajstić information content (AvgIpc) is 2.46. The highest BCUT2D eigenvalue weighted by molar-refractivity contribution is 5.86.